The first-order valence-corrected chi connectivity index (χ1v) is 6.74. The van der Waals surface area contributed by atoms with Gasteiger partial charge in [0.1, 0.15) is 0 Å². The molecule has 1 nitrogen and oxygen atoms in total. The maximum absolute atomic E-state index is 3.44. The van der Waals surface area contributed by atoms with E-state index in [2.05, 4.69) is 59.1 Å². The molecule has 0 spiro atoms. The number of rotatable bonds is 6. The molecule has 0 bridgehead atoms. The number of alkyl halides is 1. The van der Waals surface area contributed by atoms with Gasteiger partial charge < -0.3 is 5.32 Å². The second-order valence-electron chi connectivity index (χ2n) is 3.39. The van der Waals surface area contributed by atoms with Gasteiger partial charge in [0.25, 0.3) is 0 Å². The lowest BCUT2D eigenvalue weighted by Crippen LogP contribution is -2.14. The molecule has 14 heavy (non-hydrogen) atoms. The van der Waals surface area contributed by atoms with Gasteiger partial charge in [-0.1, -0.05) is 53.8 Å². The van der Waals surface area contributed by atoms with Crippen LogP contribution in [0.3, 0.4) is 0 Å². The normalized spacial score (nSPS) is 10.4. The highest BCUT2D eigenvalue weighted by molar-refractivity contribution is 14.1. The quantitative estimate of drug-likeness (QED) is 0.483. The molecule has 1 aromatic carbocycles. The maximum Gasteiger partial charge on any atom is 0.0205 e. The first-order valence-electron chi connectivity index (χ1n) is 5.21. The van der Waals surface area contributed by atoms with Crippen molar-refractivity contribution in [1.82, 2.24) is 5.32 Å². The van der Waals surface area contributed by atoms with Crippen LogP contribution in [0.1, 0.15) is 24.5 Å². The van der Waals surface area contributed by atoms with E-state index in [1.165, 1.54) is 22.0 Å². The molecule has 1 N–H and O–H groups in total. The zero-order valence-corrected chi connectivity index (χ0v) is 10.9. The van der Waals surface area contributed by atoms with Gasteiger partial charge in [0.2, 0.25) is 0 Å². The molecule has 0 radical (unpaired) electrons. The summed E-state index contributed by atoms with van der Waals surface area (Å²) in [7, 11) is 0. The standard InChI is InChI=1S/C12H18IN/c1-2-11-4-6-12(7-5-11)10-14-9-3-8-13/h4-7,14H,2-3,8-10H2,1H3. The van der Waals surface area contributed by atoms with Crippen molar-refractivity contribution in [3.63, 3.8) is 0 Å². The van der Waals surface area contributed by atoms with E-state index in [1.54, 1.807) is 0 Å². The highest BCUT2D eigenvalue weighted by Crippen LogP contribution is 2.04. The van der Waals surface area contributed by atoms with Crippen LogP contribution in [0.4, 0.5) is 0 Å². The Hall–Kier alpha value is -0.0900. The van der Waals surface area contributed by atoms with E-state index in [4.69, 9.17) is 0 Å². The van der Waals surface area contributed by atoms with E-state index < -0.39 is 0 Å². The second kappa shape index (κ2) is 7.23. The van der Waals surface area contributed by atoms with E-state index in [9.17, 15) is 0 Å². The van der Waals surface area contributed by atoms with Gasteiger partial charge in [-0.25, -0.2) is 0 Å². The summed E-state index contributed by atoms with van der Waals surface area (Å²) in [4.78, 5) is 0. The number of halogens is 1. The number of nitrogens with one attached hydrogen (secondary N) is 1. The van der Waals surface area contributed by atoms with Crippen molar-refractivity contribution in [2.75, 3.05) is 11.0 Å². The Morgan fingerprint density at radius 2 is 1.79 bits per heavy atom. The van der Waals surface area contributed by atoms with E-state index in [-0.39, 0.29) is 0 Å². The third-order valence-corrected chi connectivity index (χ3v) is 3.01. The molecule has 1 rings (SSSR count). The van der Waals surface area contributed by atoms with Gasteiger partial charge in [-0.2, -0.15) is 0 Å². The zero-order valence-electron chi connectivity index (χ0n) is 8.72. The summed E-state index contributed by atoms with van der Waals surface area (Å²) in [6.07, 6.45) is 2.39. The molecular formula is C12H18IN. The Kier molecular flexibility index (Phi) is 6.19. The third kappa shape index (κ3) is 4.42. The third-order valence-electron chi connectivity index (χ3n) is 2.25. The fourth-order valence-corrected chi connectivity index (χ4v) is 1.70. The van der Waals surface area contributed by atoms with Crippen LogP contribution in [0.15, 0.2) is 24.3 Å². The van der Waals surface area contributed by atoms with Crippen LogP contribution < -0.4 is 5.32 Å². The van der Waals surface area contributed by atoms with Gasteiger partial charge >= 0.3 is 0 Å². The predicted molar refractivity (Wildman–Crippen MR) is 71.0 cm³/mol. The first-order chi connectivity index (χ1) is 6.86. The summed E-state index contributed by atoms with van der Waals surface area (Å²) < 4.78 is 1.24. The van der Waals surface area contributed by atoms with Crippen LogP contribution in [-0.2, 0) is 13.0 Å². The van der Waals surface area contributed by atoms with Crippen LogP contribution in [0, 0.1) is 0 Å². The van der Waals surface area contributed by atoms with Crippen molar-refractivity contribution >= 4 is 22.6 Å². The molecule has 0 amide bonds. The molecule has 0 fully saturated rings. The highest BCUT2D eigenvalue weighted by Gasteiger charge is 1.92. The molecule has 0 saturated carbocycles. The maximum atomic E-state index is 3.44. The van der Waals surface area contributed by atoms with Gasteiger partial charge in [-0.3, -0.25) is 0 Å². The molecule has 0 saturated heterocycles. The Morgan fingerprint density at radius 1 is 1.14 bits per heavy atom. The van der Waals surface area contributed by atoms with Crippen LogP contribution in [0.2, 0.25) is 0 Å². The fraction of sp³-hybridized carbons (Fsp3) is 0.500. The van der Waals surface area contributed by atoms with E-state index in [0.717, 1.165) is 19.5 Å². The molecule has 0 unspecified atom stereocenters. The monoisotopic (exact) mass is 303 g/mol. The highest BCUT2D eigenvalue weighted by atomic mass is 127. The van der Waals surface area contributed by atoms with E-state index >= 15 is 0 Å². The number of benzene rings is 1. The number of hydrogen-bond acceptors (Lipinski definition) is 1. The van der Waals surface area contributed by atoms with Crippen molar-refractivity contribution < 1.29 is 0 Å². The Labute approximate surface area is 100 Å². The van der Waals surface area contributed by atoms with Gasteiger partial charge in [0.15, 0.2) is 0 Å². The van der Waals surface area contributed by atoms with E-state index in [0.29, 0.717) is 0 Å². The molecule has 0 aromatic heterocycles. The fourth-order valence-electron chi connectivity index (χ4n) is 1.32. The molecule has 0 aliphatic rings. The largest absolute Gasteiger partial charge is 0.313 e. The Morgan fingerprint density at radius 3 is 2.36 bits per heavy atom. The summed E-state index contributed by atoms with van der Waals surface area (Å²) >= 11 is 2.41. The molecule has 0 aliphatic heterocycles. The number of aryl methyl sites for hydroxylation is 1. The summed E-state index contributed by atoms with van der Waals surface area (Å²) in [5.74, 6) is 0. The van der Waals surface area contributed by atoms with Gasteiger partial charge in [-0.15, -0.1) is 0 Å². The minimum Gasteiger partial charge on any atom is -0.313 e. The van der Waals surface area contributed by atoms with Crippen LogP contribution in [-0.4, -0.2) is 11.0 Å². The first kappa shape index (κ1) is 12.0. The Bertz CT molecular complexity index is 243. The van der Waals surface area contributed by atoms with Crippen molar-refractivity contribution in [2.24, 2.45) is 0 Å². The molecule has 2 heteroatoms. The Balaban J connectivity index is 2.29. The van der Waals surface area contributed by atoms with Crippen LogP contribution in [0.25, 0.3) is 0 Å². The lowest BCUT2D eigenvalue weighted by atomic mass is 10.1. The minimum absolute atomic E-state index is 1.00. The van der Waals surface area contributed by atoms with Crippen molar-refractivity contribution in [2.45, 2.75) is 26.3 Å². The van der Waals surface area contributed by atoms with Crippen LogP contribution >= 0.6 is 22.6 Å². The SMILES string of the molecule is CCc1ccc(CNCCCI)cc1. The lowest BCUT2D eigenvalue weighted by molar-refractivity contribution is 0.681. The predicted octanol–water partition coefficient (Wildman–Crippen LogP) is 3.16. The smallest absolute Gasteiger partial charge is 0.0205 e. The average molecular weight is 303 g/mol. The summed E-state index contributed by atoms with van der Waals surface area (Å²) in [6.45, 7) is 4.31. The average Bonchev–Trinajstić information content (AvgIpc) is 2.25. The summed E-state index contributed by atoms with van der Waals surface area (Å²) in [5.41, 5.74) is 2.80. The molecule has 0 aliphatic carbocycles. The van der Waals surface area contributed by atoms with Gasteiger partial charge in [0, 0.05) is 11.0 Å². The van der Waals surface area contributed by atoms with E-state index in [1.807, 2.05) is 0 Å². The van der Waals surface area contributed by atoms with Crippen molar-refractivity contribution in [1.29, 1.82) is 0 Å². The molecule has 0 atom stereocenters. The van der Waals surface area contributed by atoms with Gasteiger partial charge in [-0.05, 0) is 30.5 Å². The molecule has 78 valence electrons. The van der Waals surface area contributed by atoms with Crippen LogP contribution in [0.5, 0.6) is 0 Å². The number of hydrogen-bond donors (Lipinski definition) is 1. The summed E-state index contributed by atoms with van der Waals surface area (Å²) in [6, 6.07) is 8.87. The summed E-state index contributed by atoms with van der Waals surface area (Å²) in [5, 5.41) is 3.44. The second-order valence-corrected chi connectivity index (χ2v) is 4.47. The molecular weight excluding hydrogens is 285 g/mol. The zero-order chi connectivity index (χ0) is 10.2. The van der Waals surface area contributed by atoms with Gasteiger partial charge in [0.05, 0.1) is 0 Å². The molecule has 1 aromatic rings. The van der Waals surface area contributed by atoms with Crippen molar-refractivity contribution in [3.8, 4) is 0 Å². The molecule has 0 heterocycles. The minimum atomic E-state index is 1.00. The lowest BCUT2D eigenvalue weighted by Gasteiger charge is -2.04. The van der Waals surface area contributed by atoms with Crippen molar-refractivity contribution in [3.05, 3.63) is 35.4 Å². The topological polar surface area (TPSA) is 12.0 Å².